The van der Waals surface area contributed by atoms with Gasteiger partial charge in [-0.25, -0.2) is 9.59 Å². The third kappa shape index (κ3) is 19.4. The summed E-state index contributed by atoms with van der Waals surface area (Å²) in [5, 5.41) is 6.85. The molecule has 11 aromatic carbocycles. The molecule has 12 nitrogen and oxygen atoms in total. The zero-order valence-corrected chi connectivity index (χ0v) is 54.9. The van der Waals surface area contributed by atoms with Gasteiger partial charge >= 0.3 is 17.9 Å². The molecule has 0 bridgehead atoms. The maximum atomic E-state index is 13.0. The van der Waals surface area contributed by atoms with Gasteiger partial charge in [-0.15, -0.1) is 0 Å². The van der Waals surface area contributed by atoms with Crippen LogP contribution in [0.3, 0.4) is 0 Å². The second-order valence-corrected chi connectivity index (χ2v) is 24.8. The molecule has 3 atom stereocenters. The van der Waals surface area contributed by atoms with E-state index in [4.69, 9.17) is 31.4 Å². The van der Waals surface area contributed by atoms with Crippen molar-refractivity contribution in [2.24, 2.45) is 23.1 Å². The Morgan fingerprint density at radius 3 is 1.06 bits per heavy atom. The molecule has 97 heavy (non-hydrogen) atoms. The zero-order valence-electron chi connectivity index (χ0n) is 54.9. The van der Waals surface area contributed by atoms with Crippen molar-refractivity contribution in [1.82, 2.24) is 0 Å². The molecule has 6 N–H and O–H groups in total. The molecule has 0 spiro atoms. The molecule has 0 heterocycles. The van der Waals surface area contributed by atoms with Gasteiger partial charge in [-0.3, -0.25) is 19.2 Å². The summed E-state index contributed by atoms with van der Waals surface area (Å²) >= 11 is 0. The second-order valence-electron chi connectivity index (χ2n) is 24.8. The number of esters is 3. The van der Waals surface area contributed by atoms with Crippen molar-refractivity contribution in [3.05, 3.63) is 322 Å². The SMILES string of the molecule is Cc1ccccc1C(=O)OCc1ccc(C(CN)C(=O)Cc2ccc3ccccc3c2)cc1.NCC(C(=O)Cc1ccc2ccccc2c1)c1ccc(COC(=O)C2CCCCC2)cc1.NCC(C(=O)Cc1ccc2ccccc2c1)c1ccc(COC(=O)c2ccccc2)cc1. The minimum atomic E-state index is -0.375. The zero-order chi connectivity index (χ0) is 67.9. The molecule has 1 saturated carbocycles. The summed E-state index contributed by atoms with van der Waals surface area (Å²) in [5.74, 6) is -1.54. The van der Waals surface area contributed by atoms with Gasteiger partial charge in [0.05, 0.1) is 34.8 Å². The molecule has 0 aromatic heterocycles. The van der Waals surface area contributed by atoms with E-state index < -0.39 is 0 Å². The number of ketones is 3. The summed E-state index contributed by atoms with van der Waals surface area (Å²) in [6.45, 7) is 3.25. The smallest absolute Gasteiger partial charge is 0.338 e. The number of fused-ring (bicyclic) bond motifs is 3. The molecule has 0 aliphatic heterocycles. The highest BCUT2D eigenvalue weighted by molar-refractivity contribution is 5.93. The van der Waals surface area contributed by atoms with Crippen LogP contribution in [0, 0.1) is 12.8 Å². The van der Waals surface area contributed by atoms with Crippen molar-refractivity contribution in [3.63, 3.8) is 0 Å². The van der Waals surface area contributed by atoms with Crippen LogP contribution in [0.15, 0.2) is 255 Å². The van der Waals surface area contributed by atoms with E-state index in [1.165, 1.54) is 11.8 Å². The molecular formula is C85H83N3O9. The Kier molecular flexibility index (Phi) is 24.9. The van der Waals surface area contributed by atoms with Crippen LogP contribution in [0.1, 0.15) is 126 Å². The van der Waals surface area contributed by atoms with E-state index in [9.17, 15) is 28.8 Å². The molecule has 1 aliphatic rings. The first kappa shape index (κ1) is 69.3. The van der Waals surface area contributed by atoms with Crippen molar-refractivity contribution in [1.29, 1.82) is 0 Å². The number of benzene rings is 11. The van der Waals surface area contributed by atoms with E-state index in [-0.39, 0.29) is 98.4 Å². The lowest BCUT2D eigenvalue weighted by atomic mass is 9.89. The number of rotatable bonds is 24. The summed E-state index contributed by atoms with van der Waals surface area (Å²) in [4.78, 5) is 75.7. The van der Waals surface area contributed by atoms with Crippen molar-refractivity contribution >= 4 is 67.6 Å². The van der Waals surface area contributed by atoms with E-state index in [0.29, 0.717) is 30.4 Å². The Hall–Kier alpha value is -10.5. The number of carbonyl (C=O) groups is 6. The molecule has 492 valence electrons. The fourth-order valence-corrected chi connectivity index (χ4v) is 12.4. The van der Waals surface area contributed by atoms with Crippen LogP contribution >= 0.6 is 0 Å². The first-order chi connectivity index (χ1) is 47.3. The molecular weight excluding hydrogens is 1210 g/mol. The third-order valence-electron chi connectivity index (χ3n) is 18.0. The van der Waals surface area contributed by atoms with Crippen LogP contribution in [-0.2, 0) is 72.5 Å². The van der Waals surface area contributed by atoms with Gasteiger partial charge in [-0.1, -0.05) is 256 Å². The van der Waals surface area contributed by atoms with Crippen LogP contribution in [-0.4, -0.2) is 54.9 Å². The first-order valence-electron chi connectivity index (χ1n) is 33.3. The number of aryl methyl sites for hydroxylation is 1. The summed E-state index contributed by atoms with van der Waals surface area (Å²) in [7, 11) is 0. The molecule has 12 heteroatoms. The van der Waals surface area contributed by atoms with Gasteiger partial charge in [0.25, 0.3) is 0 Å². The highest BCUT2D eigenvalue weighted by Gasteiger charge is 2.25. The van der Waals surface area contributed by atoms with Crippen molar-refractivity contribution in [2.45, 2.75) is 95.9 Å². The largest absolute Gasteiger partial charge is 0.461 e. The topological polar surface area (TPSA) is 208 Å². The number of nitrogens with two attached hydrogens (primary N) is 3. The third-order valence-corrected chi connectivity index (χ3v) is 18.0. The van der Waals surface area contributed by atoms with E-state index in [0.717, 1.165) is 108 Å². The molecule has 0 radical (unpaired) electrons. The Morgan fingerprint density at radius 2 is 0.680 bits per heavy atom. The fraction of sp³-hybridized carbons (Fsp3) is 0.224. The van der Waals surface area contributed by atoms with Crippen LogP contribution in [0.4, 0.5) is 0 Å². The van der Waals surface area contributed by atoms with Crippen LogP contribution in [0.25, 0.3) is 32.3 Å². The first-order valence-corrected chi connectivity index (χ1v) is 33.3. The average Bonchev–Trinajstić information content (AvgIpc) is 1.32. The molecule has 1 aliphatic carbocycles. The predicted octanol–water partition coefficient (Wildman–Crippen LogP) is 15.7. The maximum Gasteiger partial charge on any atom is 0.338 e. The van der Waals surface area contributed by atoms with Gasteiger partial charge < -0.3 is 31.4 Å². The van der Waals surface area contributed by atoms with Gasteiger partial charge in [0.2, 0.25) is 0 Å². The van der Waals surface area contributed by atoms with Crippen LogP contribution in [0.5, 0.6) is 0 Å². The minimum Gasteiger partial charge on any atom is -0.461 e. The molecule has 1 fully saturated rings. The lowest BCUT2D eigenvalue weighted by Gasteiger charge is -2.20. The highest BCUT2D eigenvalue weighted by Crippen LogP contribution is 2.28. The van der Waals surface area contributed by atoms with E-state index in [2.05, 4.69) is 48.5 Å². The van der Waals surface area contributed by atoms with Crippen molar-refractivity contribution in [2.75, 3.05) is 19.6 Å². The number of hydrogen-bond donors (Lipinski definition) is 3. The highest BCUT2D eigenvalue weighted by atomic mass is 16.5. The number of hydrogen-bond acceptors (Lipinski definition) is 12. The average molecular weight is 1290 g/mol. The maximum absolute atomic E-state index is 13.0. The molecule has 12 rings (SSSR count). The lowest BCUT2D eigenvalue weighted by Crippen LogP contribution is -2.23. The van der Waals surface area contributed by atoms with Crippen LogP contribution in [0.2, 0.25) is 0 Å². The Labute approximate surface area is 567 Å². The summed E-state index contributed by atoms with van der Waals surface area (Å²) in [6.07, 6.45) is 6.35. The number of carbonyl (C=O) groups excluding carboxylic acids is 6. The van der Waals surface area contributed by atoms with E-state index in [1.54, 1.807) is 30.3 Å². The summed E-state index contributed by atoms with van der Waals surface area (Å²) in [6, 6.07) is 81.7. The quantitative estimate of drug-likeness (QED) is 0.0381. The van der Waals surface area contributed by atoms with E-state index >= 15 is 0 Å². The Balaban J connectivity index is 0.000000158. The predicted molar refractivity (Wildman–Crippen MR) is 385 cm³/mol. The van der Waals surface area contributed by atoms with Crippen molar-refractivity contribution < 1.29 is 43.0 Å². The lowest BCUT2D eigenvalue weighted by molar-refractivity contribution is -0.151. The van der Waals surface area contributed by atoms with E-state index in [1.807, 2.05) is 183 Å². The number of ether oxygens (including phenoxy) is 3. The Morgan fingerprint density at radius 1 is 0.351 bits per heavy atom. The fourth-order valence-electron chi connectivity index (χ4n) is 12.4. The van der Waals surface area contributed by atoms with Gasteiger partial charge in [-0.05, 0) is 126 Å². The van der Waals surface area contributed by atoms with Gasteiger partial charge in [0, 0.05) is 38.9 Å². The summed E-state index contributed by atoms with van der Waals surface area (Å²) < 4.78 is 16.3. The molecule has 3 unspecified atom stereocenters. The van der Waals surface area contributed by atoms with Gasteiger partial charge in [0.15, 0.2) is 0 Å². The number of Topliss-reactive ketones (excluding diaryl/α,β-unsaturated/α-hetero) is 3. The van der Waals surface area contributed by atoms with Gasteiger partial charge in [0.1, 0.15) is 37.2 Å². The minimum absolute atomic E-state index is 0.0531. The molecule has 0 amide bonds. The standard InChI is InChI=1S/C29H27NO3.C28H31NO3.C28H25NO3/c1-20-6-2-5-9-26(20)29(32)33-19-21-10-14-24(15-11-21)27(18-30)28(31)17-22-12-13-23-7-3-4-8-25(23)16-22;2*29-18-26(27(30)17-21-12-13-22-6-4-5-9-25(22)16-21)23-14-10-20(11-15-23)19-32-28(31)24-7-2-1-3-8-24/h2-16,27H,17-19,30H2,1H3;4-6,9-16,24,26H,1-3,7-8,17-19,29H2;1-16,26H,17-19,29H2. The summed E-state index contributed by atoms with van der Waals surface area (Å²) in [5.41, 5.74) is 28.1. The van der Waals surface area contributed by atoms with Crippen molar-refractivity contribution in [3.8, 4) is 0 Å². The van der Waals surface area contributed by atoms with Crippen LogP contribution < -0.4 is 17.2 Å². The van der Waals surface area contributed by atoms with Gasteiger partial charge in [-0.2, -0.15) is 0 Å². The monoisotopic (exact) mass is 1290 g/mol. The molecule has 11 aromatic rings. The second kappa shape index (κ2) is 34.8. The normalized spacial score (nSPS) is 13.0. The Bertz CT molecular complexity index is 4470. The molecule has 0 saturated heterocycles.